The molecule has 1 fully saturated rings. The number of anilines is 4. The van der Waals surface area contributed by atoms with E-state index in [1.165, 1.54) is 31.5 Å². The smallest absolute Gasteiger partial charge is 0.276 e. The van der Waals surface area contributed by atoms with Gasteiger partial charge in [0.1, 0.15) is 28.9 Å². The highest BCUT2D eigenvalue weighted by Crippen LogP contribution is 2.38. The Bertz CT molecular complexity index is 1530. The Balaban J connectivity index is 1.41. The maximum absolute atomic E-state index is 14.8. The molecule has 0 atom stereocenters. The zero-order chi connectivity index (χ0) is 27.6. The van der Waals surface area contributed by atoms with Crippen molar-refractivity contribution in [1.82, 2.24) is 19.9 Å². The average Bonchev–Trinajstić information content (AvgIpc) is 2.95. The van der Waals surface area contributed by atoms with Gasteiger partial charge in [0, 0.05) is 30.8 Å². The van der Waals surface area contributed by atoms with Crippen molar-refractivity contribution in [2.45, 2.75) is 38.5 Å². The minimum Gasteiger partial charge on any atom is -0.507 e. The number of halogens is 3. The van der Waals surface area contributed by atoms with Crippen LogP contribution in [0.1, 0.15) is 48.5 Å². The van der Waals surface area contributed by atoms with Gasteiger partial charge >= 0.3 is 0 Å². The van der Waals surface area contributed by atoms with Gasteiger partial charge in [0.2, 0.25) is 5.95 Å². The van der Waals surface area contributed by atoms with Crippen molar-refractivity contribution in [2.24, 2.45) is 0 Å². The van der Waals surface area contributed by atoms with Gasteiger partial charge in [0.15, 0.2) is 5.82 Å². The van der Waals surface area contributed by atoms with Crippen molar-refractivity contribution in [3.8, 4) is 5.75 Å². The van der Waals surface area contributed by atoms with Crippen LogP contribution in [-0.2, 0) is 5.92 Å². The Hall–Kier alpha value is -4.48. The lowest BCUT2D eigenvalue weighted by molar-refractivity contribution is -0.0103. The van der Waals surface area contributed by atoms with E-state index in [-0.39, 0.29) is 22.8 Å². The number of carbonyl (C=O) groups excluding carboxylic acids is 1. The Morgan fingerprint density at radius 2 is 1.87 bits per heavy atom. The van der Waals surface area contributed by atoms with E-state index in [1.807, 2.05) is 0 Å². The summed E-state index contributed by atoms with van der Waals surface area (Å²) >= 11 is 0. The van der Waals surface area contributed by atoms with Crippen LogP contribution in [0.15, 0.2) is 48.9 Å². The highest BCUT2D eigenvalue weighted by molar-refractivity contribution is 6.05. The lowest BCUT2D eigenvalue weighted by Gasteiger charge is -2.26. The monoisotopic (exact) mass is 537 g/mol. The molecule has 9 nitrogen and oxygen atoms in total. The molecule has 202 valence electrons. The number of amides is 1. The molecule has 1 aliphatic rings. The number of benzene rings is 2. The first-order valence-corrected chi connectivity index (χ1v) is 12.6. The molecule has 5 rings (SSSR count). The Morgan fingerprint density at radius 1 is 1.08 bits per heavy atom. The van der Waals surface area contributed by atoms with E-state index in [2.05, 4.69) is 35.5 Å². The number of aromatic hydroxyl groups is 1. The highest BCUT2D eigenvalue weighted by Gasteiger charge is 2.32. The van der Waals surface area contributed by atoms with Gasteiger partial charge in [0.05, 0.1) is 17.4 Å². The number of fused-ring (bicyclic) bond motifs is 1. The molecule has 0 saturated carbocycles. The number of nitrogens with zero attached hydrogens (tertiary/aromatic N) is 5. The van der Waals surface area contributed by atoms with E-state index < -0.39 is 35.4 Å². The van der Waals surface area contributed by atoms with E-state index in [9.17, 15) is 23.1 Å². The maximum Gasteiger partial charge on any atom is 0.276 e. The summed E-state index contributed by atoms with van der Waals surface area (Å²) < 4.78 is 43.2. The number of rotatable bonds is 7. The fourth-order valence-corrected chi connectivity index (χ4v) is 4.37. The summed E-state index contributed by atoms with van der Waals surface area (Å²) in [5.41, 5.74) is 0.363. The number of alkyl halides is 2. The highest BCUT2D eigenvalue weighted by atomic mass is 19.3. The molecule has 3 N–H and O–H groups in total. The van der Waals surface area contributed by atoms with Gasteiger partial charge in [-0.05, 0) is 55.7 Å². The zero-order valence-corrected chi connectivity index (χ0v) is 21.1. The Kier molecular flexibility index (Phi) is 7.18. The van der Waals surface area contributed by atoms with E-state index in [0.717, 1.165) is 50.6 Å². The third-order valence-corrected chi connectivity index (χ3v) is 6.58. The van der Waals surface area contributed by atoms with E-state index in [0.29, 0.717) is 17.0 Å². The van der Waals surface area contributed by atoms with Crippen LogP contribution in [0.25, 0.3) is 11.0 Å². The molecular formula is C27H26F3N7O2. The number of hydrogen-bond donors (Lipinski definition) is 3. The SMILES string of the molecule is CCC(F)(F)c1cc(NC(=O)c2ccc(F)c(Nc3ncnc4cnc(N5CCCCC5)nc34)c2)ccc1O. The number of phenolic OH excluding ortho intramolecular Hbond substituents is 1. The number of nitrogens with one attached hydrogen (secondary N) is 2. The van der Waals surface area contributed by atoms with Crippen LogP contribution in [0.2, 0.25) is 0 Å². The normalized spacial score (nSPS) is 13.9. The van der Waals surface area contributed by atoms with Crippen LogP contribution in [0.4, 0.5) is 36.3 Å². The van der Waals surface area contributed by atoms with Gasteiger partial charge in [-0.1, -0.05) is 6.92 Å². The second-order valence-corrected chi connectivity index (χ2v) is 9.24. The Morgan fingerprint density at radius 3 is 2.64 bits per heavy atom. The summed E-state index contributed by atoms with van der Waals surface area (Å²) in [6.07, 6.45) is 5.62. The first kappa shape index (κ1) is 26.1. The molecule has 3 heterocycles. The van der Waals surface area contributed by atoms with E-state index in [4.69, 9.17) is 0 Å². The number of piperidine rings is 1. The van der Waals surface area contributed by atoms with Crippen molar-refractivity contribution < 1.29 is 23.1 Å². The van der Waals surface area contributed by atoms with Gasteiger partial charge in [-0.25, -0.2) is 33.1 Å². The number of aromatic nitrogens is 4. The van der Waals surface area contributed by atoms with Gasteiger partial charge < -0.3 is 20.6 Å². The number of hydrogen-bond acceptors (Lipinski definition) is 8. The van der Waals surface area contributed by atoms with Gasteiger partial charge in [0.25, 0.3) is 11.8 Å². The first-order valence-electron chi connectivity index (χ1n) is 12.6. The lowest BCUT2D eigenvalue weighted by atomic mass is 10.0. The molecule has 12 heteroatoms. The second-order valence-electron chi connectivity index (χ2n) is 9.24. The molecule has 2 aromatic heterocycles. The molecule has 0 radical (unpaired) electrons. The molecule has 0 bridgehead atoms. The van der Waals surface area contributed by atoms with Gasteiger partial charge in [-0.15, -0.1) is 0 Å². The fourth-order valence-electron chi connectivity index (χ4n) is 4.37. The minimum absolute atomic E-state index is 0.0373. The quantitative estimate of drug-likeness (QED) is 0.255. The fraction of sp³-hybridized carbons (Fsp3) is 0.296. The van der Waals surface area contributed by atoms with Crippen molar-refractivity contribution in [3.63, 3.8) is 0 Å². The van der Waals surface area contributed by atoms with Crippen LogP contribution in [0.3, 0.4) is 0 Å². The Labute approximate surface area is 222 Å². The molecule has 4 aromatic rings. The third-order valence-electron chi connectivity index (χ3n) is 6.58. The molecule has 1 aliphatic heterocycles. The van der Waals surface area contributed by atoms with Crippen LogP contribution in [0, 0.1) is 5.82 Å². The molecule has 0 aliphatic carbocycles. The summed E-state index contributed by atoms with van der Waals surface area (Å²) in [6, 6.07) is 7.08. The predicted octanol–water partition coefficient (Wildman–Crippen LogP) is 5.75. The summed E-state index contributed by atoms with van der Waals surface area (Å²) in [5.74, 6) is -4.36. The molecule has 0 unspecified atom stereocenters. The molecule has 39 heavy (non-hydrogen) atoms. The van der Waals surface area contributed by atoms with Crippen LogP contribution < -0.4 is 15.5 Å². The predicted molar refractivity (Wildman–Crippen MR) is 141 cm³/mol. The van der Waals surface area contributed by atoms with Crippen LogP contribution >= 0.6 is 0 Å². The molecule has 0 spiro atoms. The topological polar surface area (TPSA) is 116 Å². The van der Waals surface area contributed by atoms with Crippen LogP contribution in [0.5, 0.6) is 5.75 Å². The second kappa shape index (κ2) is 10.7. The lowest BCUT2D eigenvalue weighted by Crippen LogP contribution is -2.31. The van der Waals surface area contributed by atoms with Crippen molar-refractivity contribution >= 4 is 40.1 Å². The summed E-state index contributed by atoms with van der Waals surface area (Å²) in [4.78, 5) is 32.5. The minimum atomic E-state index is -3.27. The number of carbonyl (C=O) groups is 1. The summed E-state index contributed by atoms with van der Waals surface area (Å²) in [5, 5.41) is 15.3. The third kappa shape index (κ3) is 5.54. The van der Waals surface area contributed by atoms with Crippen molar-refractivity contribution in [2.75, 3.05) is 28.6 Å². The zero-order valence-electron chi connectivity index (χ0n) is 21.1. The maximum atomic E-state index is 14.8. The summed E-state index contributed by atoms with van der Waals surface area (Å²) in [6.45, 7) is 2.97. The molecular weight excluding hydrogens is 511 g/mol. The van der Waals surface area contributed by atoms with Gasteiger partial charge in [-0.3, -0.25) is 4.79 Å². The average molecular weight is 538 g/mol. The van der Waals surface area contributed by atoms with E-state index in [1.54, 1.807) is 6.20 Å². The van der Waals surface area contributed by atoms with Crippen LogP contribution in [-0.4, -0.2) is 44.0 Å². The van der Waals surface area contributed by atoms with Crippen molar-refractivity contribution in [1.29, 1.82) is 0 Å². The standard InChI is InChI=1S/C27H26F3N7O2/c1-2-27(29,30)18-13-17(7-9-22(18)38)34-25(39)16-6-8-19(28)20(12-16)35-24-23-21(32-15-33-24)14-31-26(36-23)37-10-4-3-5-11-37/h6-9,12-15,38H,2-5,10-11H2,1H3,(H,34,39)(H,32,33,35). The first-order chi connectivity index (χ1) is 18.7. The van der Waals surface area contributed by atoms with Gasteiger partial charge in [-0.2, -0.15) is 0 Å². The van der Waals surface area contributed by atoms with Crippen molar-refractivity contribution in [3.05, 3.63) is 65.9 Å². The summed E-state index contributed by atoms with van der Waals surface area (Å²) in [7, 11) is 0. The molecule has 2 aromatic carbocycles. The van der Waals surface area contributed by atoms with E-state index >= 15 is 0 Å². The molecule has 1 saturated heterocycles. The number of phenols is 1. The molecule has 1 amide bonds. The largest absolute Gasteiger partial charge is 0.507 e.